The molecule has 0 saturated carbocycles. The molecule has 1 atom stereocenters. The molecule has 2 amide bonds. The number of rotatable bonds is 8. The highest BCUT2D eigenvalue weighted by Crippen LogP contribution is 2.24. The van der Waals surface area contributed by atoms with Gasteiger partial charge in [0.2, 0.25) is 5.91 Å². The zero-order valence-corrected chi connectivity index (χ0v) is 16.9. The average Bonchev–Trinajstić information content (AvgIpc) is 2.77. The minimum atomic E-state index is -0.310. The summed E-state index contributed by atoms with van der Waals surface area (Å²) in [5.74, 6) is 0.905. The van der Waals surface area contributed by atoms with Crippen molar-refractivity contribution < 1.29 is 19.1 Å². The highest BCUT2D eigenvalue weighted by atomic mass is 16.5. The lowest BCUT2D eigenvalue weighted by Gasteiger charge is -2.20. The van der Waals surface area contributed by atoms with Crippen LogP contribution in [-0.4, -0.2) is 25.5 Å². The third-order valence-corrected chi connectivity index (χ3v) is 4.43. The molecule has 0 saturated heterocycles. The van der Waals surface area contributed by atoms with Crippen LogP contribution in [0.4, 0.5) is 5.69 Å². The minimum absolute atomic E-state index is 0.126. The fourth-order valence-corrected chi connectivity index (χ4v) is 2.99. The van der Waals surface area contributed by atoms with E-state index in [1.165, 1.54) is 6.92 Å². The van der Waals surface area contributed by atoms with Crippen LogP contribution in [0.2, 0.25) is 0 Å². The second kappa shape index (κ2) is 10.1. The molecular formula is C24H24N2O4. The molecule has 0 unspecified atom stereocenters. The Hall–Kier alpha value is -3.80. The van der Waals surface area contributed by atoms with E-state index in [0.717, 1.165) is 16.9 Å². The van der Waals surface area contributed by atoms with Crippen LogP contribution in [0, 0.1) is 0 Å². The smallest absolute Gasteiger partial charge is 0.258 e. The van der Waals surface area contributed by atoms with Crippen molar-refractivity contribution in [1.82, 2.24) is 5.32 Å². The summed E-state index contributed by atoms with van der Waals surface area (Å²) < 4.78 is 10.8. The van der Waals surface area contributed by atoms with Gasteiger partial charge in [0.05, 0.1) is 13.2 Å². The first-order valence-corrected chi connectivity index (χ1v) is 9.54. The first-order valence-electron chi connectivity index (χ1n) is 9.54. The van der Waals surface area contributed by atoms with E-state index in [2.05, 4.69) is 10.6 Å². The summed E-state index contributed by atoms with van der Waals surface area (Å²) in [6, 6.07) is 23.9. The van der Waals surface area contributed by atoms with Crippen LogP contribution in [0.1, 0.15) is 24.1 Å². The van der Waals surface area contributed by atoms with Gasteiger partial charge in [0.25, 0.3) is 5.91 Å². The minimum Gasteiger partial charge on any atom is -0.497 e. The fraction of sp³-hybridized carbons (Fsp3) is 0.167. The summed E-state index contributed by atoms with van der Waals surface area (Å²) in [7, 11) is 1.62. The molecular weight excluding hydrogens is 380 g/mol. The normalized spacial score (nSPS) is 11.3. The molecule has 0 fully saturated rings. The molecule has 2 N–H and O–H groups in total. The quantitative estimate of drug-likeness (QED) is 0.596. The van der Waals surface area contributed by atoms with Gasteiger partial charge in [-0.3, -0.25) is 9.59 Å². The van der Waals surface area contributed by atoms with Crippen LogP contribution < -0.4 is 20.1 Å². The van der Waals surface area contributed by atoms with Crippen molar-refractivity contribution in [2.75, 3.05) is 19.0 Å². The zero-order chi connectivity index (χ0) is 21.3. The summed E-state index contributed by atoms with van der Waals surface area (Å²) in [5.41, 5.74) is 2.58. The molecule has 6 nitrogen and oxygen atoms in total. The lowest BCUT2D eigenvalue weighted by atomic mass is 9.98. The van der Waals surface area contributed by atoms with E-state index in [0.29, 0.717) is 11.4 Å². The number of methoxy groups -OCH3 is 1. The van der Waals surface area contributed by atoms with Crippen LogP contribution in [-0.2, 0) is 9.59 Å². The first kappa shape index (κ1) is 20.9. The van der Waals surface area contributed by atoms with E-state index < -0.39 is 0 Å². The number of amides is 2. The summed E-state index contributed by atoms with van der Waals surface area (Å²) in [4.78, 5) is 23.7. The van der Waals surface area contributed by atoms with Crippen LogP contribution in [0.5, 0.6) is 11.5 Å². The fourth-order valence-electron chi connectivity index (χ4n) is 2.99. The number of carbonyl (C=O) groups excluding carboxylic acids is 2. The van der Waals surface area contributed by atoms with Gasteiger partial charge in [-0.25, -0.2) is 0 Å². The van der Waals surface area contributed by atoms with E-state index in [4.69, 9.17) is 9.47 Å². The molecule has 30 heavy (non-hydrogen) atoms. The summed E-state index contributed by atoms with van der Waals surface area (Å²) in [6.45, 7) is 1.32. The van der Waals surface area contributed by atoms with Gasteiger partial charge < -0.3 is 20.1 Å². The van der Waals surface area contributed by atoms with E-state index in [9.17, 15) is 9.59 Å². The average molecular weight is 404 g/mol. The molecule has 3 aromatic carbocycles. The molecule has 0 spiro atoms. The predicted octanol–water partition coefficient (Wildman–Crippen LogP) is 3.94. The molecule has 3 aromatic rings. The Morgan fingerprint density at radius 2 is 1.43 bits per heavy atom. The number of carbonyl (C=O) groups is 2. The van der Waals surface area contributed by atoms with Gasteiger partial charge in [-0.05, 0) is 47.5 Å². The molecule has 154 valence electrons. The third kappa shape index (κ3) is 5.85. The van der Waals surface area contributed by atoms with E-state index in [-0.39, 0.29) is 24.5 Å². The number of anilines is 1. The Morgan fingerprint density at radius 1 is 0.833 bits per heavy atom. The molecule has 0 aromatic heterocycles. The number of hydrogen-bond donors (Lipinski definition) is 2. The van der Waals surface area contributed by atoms with Crippen molar-refractivity contribution in [3.8, 4) is 11.5 Å². The van der Waals surface area contributed by atoms with Crippen molar-refractivity contribution in [2.24, 2.45) is 0 Å². The highest BCUT2D eigenvalue weighted by molar-refractivity contribution is 5.88. The predicted molar refractivity (Wildman–Crippen MR) is 116 cm³/mol. The third-order valence-electron chi connectivity index (χ3n) is 4.43. The van der Waals surface area contributed by atoms with Crippen LogP contribution in [0.25, 0.3) is 0 Å². The zero-order valence-electron chi connectivity index (χ0n) is 16.9. The largest absolute Gasteiger partial charge is 0.497 e. The van der Waals surface area contributed by atoms with Crippen molar-refractivity contribution in [2.45, 2.75) is 13.0 Å². The van der Waals surface area contributed by atoms with Crippen molar-refractivity contribution >= 4 is 17.5 Å². The van der Waals surface area contributed by atoms with Crippen molar-refractivity contribution in [1.29, 1.82) is 0 Å². The second-order valence-corrected chi connectivity index (χ2v) is 6.68. The maximum Gasteiger partial charge on any atom is 0.258 e. The topological polar surface area (TPSA) is 76.7 Å². The van der Waals surface area contributed by atoms with Crippen LogP contribution in [0.3, 0.4) is 0 Å². The maximum atomic E-state index is 12.6. The number of ether oxygens (including phenoxy) is 2. The molecule has 3 rings (SSSR count). The Kier molecular flexibility index (Phi) is 7.05. The Labute approximate surface area is 175 Å². The Morgan fingerprint density at radius 3 is 2.03 bits per heavy atom. The number of hydrogen-bond acceptors (Lipinski definition) is 4. The number of nitrogens with one attached hydrogen (secondary N) is 2. The van der Waals surface area contributed by atoms with E-state index in [1.807, 2.05) is 54.6 Å². The Bertz CT molecular complexity index is 970. The number of benzene rings is 3. The lowest BCUT2D eigenvalue weighted by Crippen LogP contribution is -2.33. The molecule has 0 bridgehead atoms. The Balaban J connectivity index is 1.66. The molecule has 0 aliphatic rings. The monoisotopic (exact) mass is 404 g/mol. The standard InChI is InChI=1S/C24H24N2O4/c1-17(27)25-20-10-14-22(15-11-20)30-16-23(28)26-24(18-6-4-3-5-7-18)19-8-12-21(29-2)13-9-19/h3-15,24H,16H2,1-2H3,(H,25,27)(H,26,28)/t24-/m0/s1. The lowest BCUT2D eigenvalue weighted by molar-refractivity contribution is -0.123. The van der Waals surface area contributed by atoms with Crippen molar-refractivity contribution in [3.05, 3.63) is 90.0 Å². The molecule has 0 heterocycles. The van der Waals surface area contributed by atoms with Gasteiger partial charge in [-0.1, -0.05) is 42.5 Å². The van der Waals surface area contributed by atoms with Gasteiger partial charge in [0.15, 0.2) is 6.61 Å². The van der Waals surface area contributed by atoms with Crippen LogP contribution >= 0.6 is 0 Å². The van der Waals surface area contributed by atoms with Gasteiger partial charge in [0.1, 0.15) is 11.5 Å². The SMILES string of the molecule is COc1ccc([C@@H](NC(=O)COc2ccc(NC(C)=O)cc2)c2ccccc2)cc1. The molecule has 6 heteroatoms. The van der Waals surface area contributed by atoms with Gasteiger partial charge in [-0.2, -0.15) is 0 Å². The van der Waals surface area contributed by atoms with Gasteiger partial charge in [-0.15, -0.1) is 0 Å². The summed E-state index contributed by atoms with van der Waals surface area (Å²) >= 11 is 0. The van der Waals surface area contributed by atoms with E-state index >= 15 is 0 Å². The second-order valence-electron chi connectivity index (χ2n) is 6.68. The molecule has 0 aliphatic heterocycles. The van der Waals surface area contributed by atoms with E-state index in [1.54, 1.807) is 31.4 Å². The molecule has 0 aliphatic carbocycles. The van der Waals surface area contributed by atoms with Gasteiger partial charge in [0, 0.05) is 12.6 Å². The van der Waals surface area contributed by atoms with Gasteiger partial charge >= 0.3 is 0 Å². The van der Waals surface area contributed by atoms with Crippen molar-refractivity contribution in [3.63, 3.8) is 0 Å². The van der Waals surface area contributed by atoms with Crippen LogP contribution in [0.15, 0.2) is 78.9 Å². The molecule has 0 radical (unpaired) electrons. The summed E-state index contributed by atoms with van der Waals surface area (Å²) in [6.07, 6.45) is 0. The highest BCUT2D eigenvalue weighted by Gasteiger charge is 2.17. The maximum absolute atomic E-state index is 12.6. The summed E-state index contributed by atoms with van der Waals surface area (Å²) in [5, 5.41) is 5.72. The first-order chi connectivity index (χ1) is 14.5.